The lowest BCUT2D eigenvalue weighted by atomic mass is 9.93. The molecule has 2 aromatic carbocycles. The molecular weight excluding hydrogens is 344 g/mol. The summed E-state index contributed by atoms with van der Waals surface area (Å²) >= 11 is 0. The van der Waals surface area contributed by atoms with E-state index in [4.69, 9.17) is 9.47 Å². The second-order valence-electron chi connectivity index (χ2n) is 6.15. The van der Waals surface area contributed by atoms with Crippen molar-refractivity contribution in [2.24, 2.45) is 0 Å². The third-order valence-electron chi connectivity index (χ3n) is 4.23. The van der Waals surface area contributed by atoms with Gasteiger partial charge in [0.1, 0.15) is 11.5 Å². The van der Waals surface area contributed by atoms with E-state index in [2.05, 4.69) is 10.6 Å². The molecule has 0 saturated heterocycles. The Hall–Kier alpha value is -3.28. The first kappa shape index (κ1) is 18.5. The molecule has 0 aliphatic carbocycles. The smallest absolute Gasteiger partial charge is 0.337 e. The molecule has 0 spiro atoms. The van der Waals surface area contributed by atoms with Crippen LogP contribution in [0.3, 0.4) is 0 Å². The number of hydrogen-bond acceptors (Lipinski definition) is 4. The Morgan fingerprint density at radius 2 is 1.81 bits per heavy atom. The van der Waals surface area contributed by atoms with Crippen molar-refractivity contribution >= 4 is 12.0 Å². The number of urea groups is 1. The molecule has 0 aromatic heterocycles. The molecule has 0 saturated carbocycles. The fourth-order valence-electron chi connectivity index (χ4n) is 3.05. The van der Waals surface area contributed by atoms with Gasteiger partial charge in [-0.2, -0.15) is 0 Å². The van der Waals surface area contributed by atoms with E-state index < -0.39 is 12.0 Å². The van der Waals surface area contributed by atoms with Gasteiger partial charge in [-0.15, -0.1) is 0 Å². The molecule has 2 aromatic rings. The molecule has 1 atom stereocenters. The molecule has 6 nitrogen and oxygen atoms in total. The van der Waals surface area contributed by atoms with Crippen LogP contribution < -0.4 is 15.4 Å². The summed E-state index contributed by atoms with van der Waals surface area (Å²) in [6, 6.07) is 15.8. The first-order chi connectivity index (χ1) is 13.1. The molecule has 0 fully saturated rings. The number of methoxy groups -OCH3 is 1. The van der Waals surface area contributed by atoms with E-state index in [1.165, 1.54) is 7.11 Å². The molecule has 2 N–H and O–H groups in total. The number of nitrogens with one attached hydrogen (secondary N) is 2. The minimum atomic E-state index is -0.605. The predicted octanol–water partition coefficient (Wildman–Crippen LogP) is 4.06. The molecule has 3 rings (SSSR count). The van der Waals surface area contributed by atoms with Crippen LogP contribution in [0.5, 0.6) is 11.5 Å². The molecule has 0 bridgehead atoms. The van der Waals surface area contributed by atoms with Crippen molar-refractivity contribution in [1.29, 1.82) is 0 Å². The number of para-hydroxylation sites is 1. The number of hydrogen-bond donors (Lipinski definition) is 2. The molecule has 1 heterocycles. The highest BCUT2D eigenvalue weighted by molar-refractivity contribution is 5.95. The van der Waals surface area contributed by atoms with E-state index in [1.807, 2.05) is 61.5 Å². The molecule has 1 aliphatic heterocycles. The second kappa shape index (κ2) is 8.40. The van der Waals surface area contributed by atoms with Gasteiger partial charge in [0.2, 0.25) is 0 Å². The summed E-state index contributed by atoms with van der Waals surface area (Å²) in [6.07, 6.45) is 1.37. The van der Waals surface area contributed by atoms with E-state index in [1.54, 1.807) is 0 Å². The zero-order valence-electron chi connectivity index (χ0n) is 15.3. The van der Waals surface area contributed by atoms with E-state index in [0.29, 0.717) is 29.2 Å². The summed E-state index contributed by atoms with van der Waals surface area (Å²) in [5.41, 5.74) is 1.75. The first-order valence-corrected chi connectivity index (χ1v) is 8.84. The largest absolute Gasteiger partial charge is 0.466 e. The monoisotopic (exact) mass is 366 g/mol. The van der Waals surface area contributed by atoms with Crippen molar-refractivity contribution in [3.05, 3.63) is 71.4 Å². The van der Waals surface area contributed by atoms with Gasteiger partial charge < -0.3 is 20.1 Å². The van der Waals surface area contributed by atoms with Gasteiger partial charge in [-0.3, -0.25) is 0 Å². The number of carbonyl (C=O) groups excluding carboxylic acids is 2. The fraction of sp³-hybridized carbons (Fsp3) is 0.238. The number of carbonyl (C=O) groups is 2. The van der Waals surface area contributed by atoms with Gasteiger partial charge in [-0.25, -0.2) is 9.59 Å². The van der Waals surface area contributed by atoms with Crippen molar-refractivity contribution in [1.82, 2.24) is 10.6 Å². The summed E-state index contributed by atoms with van der Waals surface area (Å²) < 4.78 is 10.8. The van der Waals surface area contributed by atoms with Crippen LogP contribution in [-0.2, 0) is 9.53 Å². The number of esters is 1. The highest BCUT2D eigenvalue weighted by atomic mass is 16.5. The fourth-order valence-corrected chi connectivity index (χ4v) is 3.05. The Balaban J connectivity index is 1.97. The maximum absolute atomic E-state index is 12.4. The lowest BCUT2D eigenvalue weighted by Gasteiger charge is -2.29. The highest BCUT2D eigenvalue weighted by Crippen LogP contribution is 2.32. The van der Waals surface area contributed by atoms with Crippen LogP contribution in [0.4, 0.5) is 4.79 Å². The zero-order valence-corrected chi connectivity index (χ0v) is 15.3. The molecule has 0 radical (unpaired) electrons. The maximum atomic E-state index is 12.4. The van der Waals surface area contributed by atoms with Gasteiger partial charge in [0.25, 0.3) is 0 Å². The first-order valence-electron chi connectivity index (χ1n) is 8.84. The third kappa shape index (κ3) is 4.28. The SMILES string of the molecule is CCCC1=C(C(=O)OC)C(c2cccc(Oc3ccccc3)c2)NC(=O)N1. The molecule has 2 amide bonds. The molecule has 1 unspecified atom stereocenters. The normalized spacial score (nSPS) is 16.4. The van der Waals surface area contributed by atoms with Gasteiger partial charge in [0, 0.05) is 5.70 Å². The van der Waals surface area contributed by atoms with Crippen LogP contribution in [0, 0.1) is 0 Å². The Kier molecular flexibility index (Phi) is 5.76. The summed E-state index contributed by atoms with van der Waals surface area (Å²) in [6.45, 7) is 1.99. The van der Waals surface area contributed by atoms with Gasteiger partial charge in [-0.1, -0.05) is 43.7 Å². The number of amides is 2. The maximum Gasteiger partial charge on any atom is 0.337 e. The molecule has 140 valence electrons. The van der Waals surface area contributed by atoms with Crippen molar-refractivity contribution in [2.45, 2.75) is 25.8 Å². The average molecular weight is 366 g/mol. The van der Waals surface area contributed by atoms with Crippen molar-refractivity contribution in [3.63, 3.8) is 0 Å². The summed E-state index contributed by atoms with van der Waals surface area (Å²) in [5.74, 6) is 0.859. The molecule has 1 aliphatic rings. The van der Waals surface area contributed by atoms with Crippen molar-refractivity contribution in [2.75, 3.05) is 7.11 Å². The van der Waals surface area contributed by atoms with Gasteiger partial charge in [-0.05, 0) is 36.2 Å². The Bertz CT molecular complexity index is 861. The van der Waals surface area contributed by atoms with Crippen molar-refractivity contribution in [3.8, 4) is 11.5 Å². The Labute approximate surface area is 158 Å². The van der Waals surface area contributed by atoms with Gasteiger partial charge in [0.15, 0.2) is 0 Å². The zero-order chi connectivity index (χ0) is 19.2. The third-order valence-corrected chi connectivity index (χ3v) is 4.23. The van der Waals surface area contributed by atoms with E-state index in [-0.39, 0.29) is 6.03 Å². The van der Waals surface area contributed by atoms with Crippen LogP contribution in [0.1, 0.15) is 31.4 Å². The predicted molar refractivity (Wildman–Crippen MR) is 101 cm³/mol. The van der Waals surface area contributed by atoms with Crippen molar-refractivity contribution < 1.29 is 19.1 Å². The van der Waals surface area contributed by atoms with Crippen LogP contribution in [0.2, 0.25) is 0 Å². The Morgan fingerprint density at radius 3 is 2.52 bits per heavy atom. The average Bonchev–Trinajstić information content (AvgIpc) is 2.68. The molecular formula is C21H22N2O4. The number of allylic oxidation sites excluding steroid dienone is 1. The van der Waals surface area contributed by atoms with Crippen LogP contribution in [0.25, 0.3) is 0 Å². The van der Waals surface area contributed by atoms with Gasteiger partial charge >= 0.3 is 12.0 Å². The molecule has 6 heteroatoms. The minimum absolute atomic E-state index is 0.342. The van der Waals surface area contributed by atoms with E-state index >= 15 is 0 Å². The lowest BCUT2D eigenvalue weighted by Crippen LogP contribution is -2.45. The molecule has 27 heavy (non-hydrogen) atoms. The van der Waals surface area contributed by atoms with Gasteiger partial charge in [0.05, 0.1) is 18.7 Å². The second-order valence-corrected chi connectivity index (χ2v) is 6.15. The van der Waals surface area contributed by atoms with Crippen LogP contribution >= 0.6 is 0 Å². The summed E-state index contributed by atoms with van der Waals surface area (Å²) in [5, 5.41) is 5.55. The van der Waals surface area contributed by atoms with Crippen LogP contribution in [-0.4, -0.2) is 19.1 Å². The van der Waals surface area contributed by atoms with E-state index in [0.717, 1.165) is 12.0 Å². The number of rotatable bonds is 6. The minimum Gasteiger partial charge on any atom is -0.466 e. The van der Waals surface area contributed by atoms with E-state index in [9.17, 15) is 9.59 Å². The Morgan fingerprint density at radius 1 is 1.07 bits per heavy atom. The quantitative estimate of drug-likeness (QED) is 0.756. The topological polar surface area (TPSA) is 76.7 Å². The lowest BCUT2D eigenvalue weighted by molar-refractivity contribution is -0.136. The number of ether oxygens (including phenoxy) is 2. The standard InChI is InChI=1S/C21H22N2O4/c1-3-8-17-18(20(24)26-2)19(23-21(25)22-17)14-9-7-12-16(13-14)27-15-10-5-4-6-11-15/h4-7,9-13,19H,3,8H2,1-2H3,(H2,22,23,25). The van der Waals surface area contributed by atoms with Crippen LogP contribution in [0.15, 0.2) is 65.9 Å². The highest BCUT2D eigenvalue weighted by Gasteiger charge is 2.33. The summed E-state index contributed by atoms with van der Waals surface area (Å²) in [7, 11) is 1.33. The number of benzene rings is 2. The summed E-state index contributed by atoms with van der Waals surface area (Å²) in [4.78, 5) is 24.5.